The van der Waals surface area contributed by atoms with Gasteiger partial charge in [0.1, 0.15) is 23.4 Å². The van der Waals surface area contributed by atoms with Crippen molar-refractivity contribution in [1.29, 1.82) is 0 Å². The molecule has 0 aromatic heterocycles. The van der Waals surface area contributed by atoms with Crippen LogP contribution in [-0.4, -0.2) is 12.3 Å². The average molecular weight is 753 g/mol. The Bertz CT molecular complexity index is 2640. The Morgan fingerprint density at radius 2 is 1.26 bits per heavy atom. The number of benzene rings is 6. The zero-order valence-corrected chi connectivity index (χ0v) is 32.2. The molecule has 0 amide bonds. The van der Waals surface area contributed by atoms with Crippen LogP contribution in [0.1, 0.15) is 64.1 Å². The maximum atomic E-state index is 6.85. The number of hydrogen-bond acceptors (Lipinski definition) is 4. The molecule has 5 unspecified atom stereocenters. The molecule has 4 nitrogen and oxygen atoms in total. The highest BCUT2D eigenvalue weighted by atomic mass is 16.5. The van der Waals surface area contributed by atoms with E-state index in [0.29, 0.717) is 0 Å². The summed E-state index contributed by atoms with van der Waals surface area (Å²) in [6, 6.07) is 56.7. The van der Waals surface area contributed by atoms with E-state index in [1.807, 2.05) is 0 Å². The van der Waals surface area contributed by atoms with Gasteiger partial charge in [0.25, 0.3) is 0 Å². The lowest BCUT2D eigenvalue weighted by Crippen LogP contribution is -2.52. The van der Waals surface area contributed by atoms with E-state index in [1.54, 1.807) is 0 Å². The number of allylic oxidation sites excluding steroid dienone is 5. The van der Waals surface area contributed by atoms with E-state index in [4.69, 9.17) is 9.47 Å². The van der Waals surface area contributed by atoms with Crippen molar-refractivity contribution < 1.29 is 9.47 Å². The first-order valence-electron chi connectivity index (χ1n) is 20.6. The van der Waals surface area contributed by atoms with E-state index in [9.17, 15) is 0 Å². The summed E-state index contributed by atoms with van der Waals surface area (Å²) in [5.74, 6) is 3.30. The lowest BCUT2D eigenvalue weighted by atomic mass is 9.79. The standard InChI is InChI=1S/C54H44N2O2/c1-4-14-35(15-5-1)41-29-31-51-46(33-41)53-52(44-22-12-13-23-49(44)58-53)45-32-40(28-30-50(45)57-51)36-24-26-37(27-25-36)42-20-10-11-21-43(42)54-55-47(38-16-6-2-7-17-38)34-48(56-54)39-18-8-3-9-19-39/h1-28,30,32-34,42-43,47,52-56H,29,31H2/t42?,43?,47?,52?,53?,54-/m0/s1. The molecule has 0 spiro atoms. The summed E-state index contributed by atoms with van der Waals surface area (Å²) < 4.78 is 13.7. The summed E-state index contributed by atoms with van der Waals surface area (Å²) in [4.78, 5) is 0. The van der Waals surface area contributed by atoms with E-state index < -0.39 is 0 Å². The van der Waals surface area contributed by atoms with Crippen molar-refractivity contribution in [2.24, 2.45) is 5.92 Å². The largest absolute Gasteiger partial charge is 0.484 e. The van der Waals surface area contributed by atoms with Gasteiger partial charge in [-0.2, -0.15) is 0 Å². The molecule has 6 aromatic carbocycles. The smallest absolute Gasteiger partial charge is 0.138 e. The summed E-state index contributed by atoms with van der Waals surface area (Å²) in [6.45, 7) is 0. The van der Waals surface area contributed by atoms with Gasteiger partial charge in [-0.15, -0.1) is 0 Å². The number of para-hydroxylation sites is 1. The minimum absolute atomic E-state index is 0.0170. The molecule has 58 heavy (non-hydrogen) atoms. The summed E-state index contributed by atoms with van der Waals surface area (Å²) in [6.07, 6.45) is 15.4. The monoisotopic (exact) mass is 752 g/mol. The molecule has 3 heterocycles. The van der Waals surface area contributed by atoms with E-state index >= 15 is 0 Å². The number of fused-ring (bicyclic) bond motifs is 6. The van der Waals surface area contributed by atoms with Crippen LogP contribution in [-0.2, 0) is 0 Å². The minimum atomic E-state index is -0.158. The molecule has 3 aliphatic heterocycles. The first-order valence-corrected chi connectivity index (χ1v) is 20.6. The molecule has 0 fully saturated rings. The van der Waals surface area contributed by atoms with Crippen molar-refractivity contribution in [3.63, 3.8) is 0 Å². The van der Waals surface area contributed by atoms with Crippen LogP contribution >= 0.6 is 0 Å². The Hall–Kier alpha value is -6.62. The normalized spacial score (nSPS) is 24.1. The fraction of sp³-hybridized carbons (Fsp3) is 0.148. The highest BCUT2D eigenvalue weighted by Crippen LogP contribution is 2.52. The molecule has 2 aliphatic carbocycles. The van der Waals surface area contributed by atoms with E-state index in [0.717, 1.165) is 41.4 Å². The van der Waals surface area contributed by atoms with Gasteiger partial charge in [-0.1, -0.05) is 164 Å². The third kappa shape index (κ3) is 6.31. The quantitative estimate of drug-likeness (QED) is 0.178. The Labute approximate surface area is 340 Å². The first-order chi connectivity index (χ1) is 28.7. The van der Waals surface area contributed by atoms with E-state index in [2.05, 4.69) is 205 Å². The van der Waals surface area contributed by atoms with Crippen LogP contribution in [0.2, 0.25) is 0 Å². The molecule has 2 N–H and O–H groups in total. The van der Waals surface area contributed by atoms with Gasteiger partial charge >= 0.3 is 0 Å². The van der Waals surface area contributed by atoms with Gasteiger partial charge < -0.3 is 14.8 Å². The Morgan fingerprint density at radius 3 is 2.07 bits per heavy atom. The SMILES string of the molecule is C1=CC(c2ccc(-c3ccc4c(c3)C3c5ccccc5OC3C3=C(CCC(c5ccccc5)=C3)O4)cc2)C([C@@H]2NC(c3ccccc3)=CC(c3ccccc3)N2)C=C1. The van der Waals surface area contributed by atoms with E-state index in [-0.39, 0.29) is 36.1 Å². The molecular weight excluding hydrogens is 709 g/mol. The third-order valence-corrected chi connectivity index (χ3v) is 12.6. The molecule has 6 atom stereocenters. The van der Waals surface area contributed by atoms with Gasteiger partial charge in [0.2, 0.25) is 0 Å². The lowest BCUT2D eigenvalue weighted by Gasteiger charge is -2.39. The maximum Gasteiger partial charge on any atom is 0.138 e. The number of nitrogens with one attached hydrogen (secondary N) is 2. The van der Waals surface area contributed by atoms with Crippen LogP contribution in [0.4, 0.5) is 0 Å². The molecule has 11 rings (SSSR count). The predicted octanol–water partition coefficient (Wildman–Crippen LogP) is 11.9. The summed E-state index contributed by atoms with van der Waals surface area (Å²) >= 11 is 0. The molecule has 5 aliphatic rings. The van der Waals surface area contributed by atoms with Crippen LogP contribution in [0.25, 0.3) is 22.4 Å². The summed E-state index contributed by atoms with van der Waals surface area (Å²) in [5, 5.41) is 7.86. The second-order valence-corrected chi connectivity index (χ2v) is 15.9. The minimum Gasteiger partial charge on any atom is -0.484 e. The molecular formula is C54H44N2O2. The summed E-state index contributed by atoms with van der Waals surface area (Å²) in [5.41, 5.74) is 13.4. The molecule has 0 radical (unpaired) electrons. The maximum absolute atomic E-state index is 6.85. The van der Waals surface area contributed by atoms with Gasteiger partial charge in [0.15, 0.2) is 0 Å². The van der Waals surface area contributed by atoms with E-state index in [1.165, 1.54) is 50.1 Å². The van der Waals surface area contributed by atoms with Gasteiger partial charge in [-0.25, -0.2) is 0 Å². The fourth-order valence-corrected chi connectivity index (χ4v) is 9.64. The number of hydrogen-bond donors (Lipinski definition) is 2. The Balaban J connectivity index is 0.902. The van der Waals surface area contributed by atoms with Crippen molar-refractivity contribution in [3.8, 4) is 22.6 Å². The molecule has 282 valence electrons. The van der Waals surface area contributed by atoms with Gasteiger partial charge in [-0.3, -0.25) is 5.32 Å². The van der Waals surface area contributed by atoms with Crippen molar-refractivity contribution in [2.75, 3.05) is 0 Å². The van der Waals surface area contributed by atoms with Gasteiger partial charge in [0.05, 0.1) is 18.1 Å². The first kappa shape index (κ1) is 34.6. The highest BCUT2D eigenvalue weighted by Gasteiger charge is 2.43. The lowest BCUT2D eigenvalue weighted by molar-refractivity contribution is 0.255. The van der Waals surface area contributed by atoms with Crippen LogP contribution in [0.3, 0.4) is 0 Å². The van der Waals surface area contributed by atoms with Crippen LogP contribution < -0.4 is 20.1 Å². The third-order valence-electron chi connectivity index (χ3n) is 12.6. The van der Waals surface area contributed by atoms with Crippen LogP contribution in [0.15, 0.2) is 206 Å². The van der Waals surface area contributed by atoms with Crippen molar-refractivity contribution in [2.45, 2.75) is 43.0 Å². The van der Waals surface area contributed by atoms with Crippen molar-refractivity contribution in [1.82, 2.24) is 10.6 Å². The number of ether oxygens (including phenoxy) is 2. The Morgan fingerprint density at radius 1 is 0.552 bits per heavy atom. The molecule has 0 saturated carbocycles. The topological polar surface area (TPSA) is 42.5 Å². The molecule has 0 saturated heterocycles. The predicted molar refractivity (Wildman–Crippen MR) is 234 cm³/mol. The Kier molecular flexibility index (Phi) is 8.78. The highest BCUT2D eigenvalue weighted by molar-refractivity contribution is 5.73. The molecule has 6 aromatic rings. The van der Waals surface area contributed by atoms with Crippen molar-refractivity contribution >= 4 is 11.3 Å². The fourth-order valence-electron chi connectivity index (χ4n) is 9.64. The molecule has 0 bridgehead atoms. The number of rotatable bonds is 6. The van der Waals surface area contributed by atoms with Gasteiger partial charge in [0, 0.05) is 40.7 Å². The zero-order chi connectivity index (χ0) is 38.4. The van der Waals surface area contributed by atoms with Gasteiger partial charge in [-0.05, 0) is 75.7 Å². The van der Waals surface area contributed by atoms with Crippen LogP contribution in [0, 0.1) is 5.92 Å². The second kappa shape index (κ2) is 14.7. The zero-order valence-electron chi connectivity index (χ0n) is 32.2. The van der Waals surface area contributed by atoms with Crippen molar-refractivity contribution in [3.05, 3.63) is 239 Å². The summed E-state index contributed by atoms with van der Waals surface area (Å²) in [7, 11) is 0. The average Bonchev–Trinajstić information content (AvgIpc) is 3.63. The van der Waals surface area contributed by atoms with Crippen LogP contribution in [0.5, 0.6) is 11.5 Å². The second-order valence-electron chi connectivity index (χ2n) is 15.9. The molecule has 4 heteroatoms.